The minimum atomic E-state index is -4.46. The average molecular weight is 415 g/mol. The smallest absolute Gasteiger partial charge is 0.294 e. The number of nitrogens with one attached hydrogen (secondary N) is 1. The van der Waals surface area contributed by atoms with Gasteiger partial charge in [-0.2, -0.15) is 18.3 Å². The SMILES string of the molecule is Cc1nn(-c2ccc(C(F)(F)F)cn2)c(C)c1CC(=O)Nc1nnc2ccccn12. The van der Waals surface area contributed by atoms with Gasteiger partial charge in [0.25, 0.3) is 0 Å². The summed E-state index contributed by atoms with van der Waals surface area (Å²) in [7, 11) is 0. The molecule has 0 aliphatic carbocycles. The Morgan fingerprint density at radius 3 is 2.63 bits per heavy atom. The summed E-state index contributed by atoms with van der Waals surface area (Å²) in [5.74, 6) is 0.209. The molecule has 8 nitrogen and oxygen atoms in total. The van der Waals surface area contributed by atoms with Crippen molar-refractivity contribution < 1.29 is 18.0 Å². The summed E-state index contributed by atoms with van der Waals surface area (Å²) in [5.41, 5.74) is 1.61. The molecule has 0 spiro atoms. The summed E-state index contributed by atoms with van der Waals surface area (Å²) in [5, 5.41) is 15.0. The van der Waals surface area contributed by atoms with E-state index < -0.39 is 11.7 Å². The van der Waals surface area contributed by atoms with Gasteiger partial charge in [0.1, 0.15) is 0 Å². The second-order valence-corrected chi connectivity index (χ2v) is 6.64. The van der Waals surface area contributed by atoms with Gasteiger partial charge in [-0.1, -0.05) is 6.07 Å². The van der Waals surface area contributed by atoms with E-state index in [4.69, 9.17) is 0 Å². The van der Waals surface area contributed by atoms with Crippen molar-refractivity contribution in [1.29, 1.82) is 0 Å². The molecule has 0 atom stereocenters. The van der Waals surface area contributed by atoms with E-state index >= 15 is 0 Å². The molecule has 1 N–H and O–H groups in total. The molecule has 11 heteroatoms. The maximum Gasteiger partial charge on any atom is 0.417 e. The number of hydrogen-bond acceptors (Lipinski definition) is 5. The minimum Gasteiger partial charge on any atom is -0.294 e. The van der Waals surface area contributed by atoms with E-state index in [1.165, 1.54) is 10.7 Å². The Morgan fingerprint density at radius 1 is 1.13 bits per heavy atom. The third-order valence-corrected chi connectivity index (χ3v) is 4.64. The molecule has 0 aromatic carbocycles. The number of rotatable bonds is 4. The molecular formula is C19H16F3N7O. The predicted molar refractivity (Wildman–Crippen MR) is 101 cm³/mol. The lowest BCUT2D eigenvalue weighted by atomic mass is 10.1. The molecule has 0 saturated carbocycles. The Bertz CT molecular complexity index is 1230. The summed E-state index contributed by atoms with van der Waals surface area (Å²) < 4.78 is 41.3. The summed E-state index contributed by atoms with van der Waals surface area (Å²) in [6.45, 7) is 3.46. The largest absolute Gasteiger partial charge is 0.417 e. The maximum atomic E-state index is 12.7. The minimum absolute atomic E-state index is 0.0139. The van der Waals surface area contributed by atoms with Crippen molar-refractivity contribution in [3.8, 4) is 5.82 Å². The Morgan fingerprint density at radius 2 is 1.93 bits per heavy atom. The number of aryl methyl sites for hydroxylation is 1. The molecule has 0 radical (unpaired) electrons. The number of pyridine rings is 2. The lowest BCUT2D eigenvalue weighted by Gasteiger charge is -2.08. The molecule has 154 valence electrons. The van der Waals surface area contributed by atoms with Crippen LogP contribution >= 0.6 is 0 Å². The Balaban J connectivity index is 1.55. The van der Waals surface area contributed by atoms with Gasteiger partial charge in [0.15, 0.2) is 11.5 Å². The first-order chi connectivity index (χ1) is 14.2. The molecule has 30 heavy (non-hydrogen) atoms. The summed E-state index contributed by atoms with van der Waals surface area (Å²) in [6.07, 6.45) is -1.96. The van der Waals surface area contributed by atoms with Crippen molar-refractivity contribution in [3.63, 3.8) is 0 Å². The van der Waals surface area contributed by atoms with Crippen molar-refractivity contribution >= 4 is 17.5 Å². The molecule has 1 amide bonds. The van der Waals surface area contributed by atoms with Crippen molar-refractivity contribution in [2.45, 2.75) is 26.4 Å². The molecule has 4 aromatic rings. The monoisotopic (exact) mass is 415 g/mol. The van der Waals surface area contributed by atoms with Gasteiger partial charge >= 0.3 is 6.18 Å². The highest BCUT2D eigenvalue weighted by atomic mass is 19.4. The van der Waals surface area contributed by atoms with Crippen LogP contribution in [-0.4, -0.2) is 35.3 Å². The van der Waals surface area contributed by atoms with Crippen LogP contribution in [0.1, 0.15) is 22.5 Å². The van der Waals surface area contributed by atoms with E-state index in [9.17, 15) is 18.0 Å². The van der Waals surface area contributed by atoms with Crippen molar-refractivity contribution in [2.24, 2.45) is 0 Å². The van der Waals surface area contributed by atoms with Gasteiger partial charge < -0.3 is 0 Å². The van der Waals surface area contributed by atoms with Crippen LogP contribution in [0.4, 0.5) is 19.1 Å². The molecule has 0 aliphatic rings. The van der Waals surface area contributed by atoms with Gasteiger partial charge in [-0.3, -0.25) is 14.5 Å². The molecule has 0 unspecified atom stereocenters. The van der Waals surface area contributed by atoms with Crippen molar-refractivity contribution in [2.75, 3.05) is 5.32 Å². The van der Waals surface area contributed by atoms with Crippen LogP contribution in [0.3, 0.4) is 0 Å². The van der Waals surface area contributed by atoms with Crippen LogP contribution in [0, 0.1) is 13.8 Å². The maximum absolute atomic E-state index is 12.7. The lowest BCUT2D eigenvalue weighted by Crippen LogP contribution is -2.17. The van der Waals surface area contributed by atoms with Gasteiger partial charge in [0, 0.05) is 23.7 Å². The van der Waals surface area contributed by atoms with Gasteiger partial charge in [0.2, 0.25) is 11.9 Å². The number of aromatic nitrogens is 6. The van der Waals surface area contributed by atoms with E-state index in [1.807, 2.05) is 6.07 Å². The third-order valence-electron chi connectivity index (χ3n) is 4.64. The number of fused-ring (bicyclic) bond motifs is 1. The van der Waals surface area contributed by atoms with E-state index in [1.54, 1.807) is 36.6 Å². The fraction of sp³-hybridized carbons (Fsp3) is 0.211. The number of carbonyl (C=O) groups is 1. The topological polar surface area (TPSA) is 90.0 Å². The molecule has 0 aliphatic heterocycles. The highest BCUT2D eigenvalue weighted by Crippen LogP contribution is 2.29. The number of alkyl halides is 3. The fourth-order valence-corrected chi connectivity index (χ4v) is 3.09. The summed E-state index contributed by atoms with van der Waals surface area (Å²) in [4.78, 5) is 16.4. The van der Waals surface area contributed by atoms with E-state index in [0.717, 1.165) is 12.3 Å². The first kappa shape index (κ1) is 19.6. The van der Waals surface area contributed by atoms with E-state index in [2.05, 4.69) is 25.6 Å². The van der Waals surface area contributed by atoms with Crippen LogP contribution in [0.15, 0.2) is 42.7 Å². The van der Waals surface area contributed by atoms with E-state index in [-0.39, 0.29) is 18.1 Å². The highest BCUT2D eigenvalue weighted by molar-refractivity contribution is 5.91. The second kappa shape index (κ2) is 7.25. The average Bonchev–Trinajstić information content (AvgIpc) is 3.23. The van der Waals surface area contributed by atoms with Gasteiger partial charge in [0.05, 0.1) is 17.7 Å². The number of amides is 1. The first-order valence-corrected chi connectivity index (χ1v) is 8.92. The van der Waals surface area contributed by atoms with Crippen molar-refractivity contribution in [3.05, 3.63) is 65.2 Å². The number of hydrogen-bond donors (Lipinski definition) is 1. The molecule has 0 bridgehead atoms. The Hall–Kier alpha value is -3.76. The Labute approximate surface area is 168 Å². The summed E-state index contributed by atoms with van der Waals surface area (Å²) >= 11 is 0. The second-order valence-electron chi connectivity index (χ2n) is 6.64. The zero-order chi connectivity index (χ0) is 21.5. The number of anilines is 1. The van der Waals surface area contributed by atoms with Crippen LogP contribution in [-0.2, 0) is 17.4 Å². The predicted octanol–water partition coefficient (Wildman–Crippen LogP) is 3.13. The van der Waals surface area contributed by atoms with Crippen LogP contribution < -0.4 is 5.32 Å². The number of nitrogens with zero attached hydrogens (tertiary/aromatic N) is 6. The highest BCUT2D eigenvalue weighted by Gasteiger charge is 2.31. The lowest BCUT2D eigenvalue weighted by molar-refractivity contribution is -0.137. The molecule has 4 rings (SSSR count). The zero-order valence-corrected chi connectivity index (χ0v) is 16.0. The molecule has 4 heterocycles. The van der Waals surface area contributed by atoms with Crippen LogP contribution in [0.2, 0.25) is 0 Å². The quantitative estimate of drug-likeness (QED) is 0.553. The molecule has 0 saturated heterocycles. The fourth-order valence-electron chi connectivity index (χ4n) is 3.09. The first-order valence-electron chi connectivity index (χ1n) is 8.92. The molecule has 0 fully saturated rings. The normalized spacial score (nSPS) is 11.8. The van der Waals surface area contributed by atoms with Crippen LogP contribution in [0.5, 0.6) is 0 Å². The van der Waals surface area contributed by atoms with Crippen LogP contribution in [0.25, 0.3) is 11.5 Å². The van der Waals surface area contributed by atoms with Gasteiger partial charge in [-0.15, -0.1) is 10.2 Å². The van der Waals surface area contributed by atoms with Gasteiger partial charge in [-0.25, -0.2) is 9.67 Å². The molecular weight excluding hydrogens is 399 g/mol. The Kier molecular flexibility index (Phi) is 4.72. The summed E-state index contributed by atoms with van der Waals surface area (Å²) in [6, 6.07) is 7.56. The standard InChI is InChI=1S/C19H16F3N7O/c1-11-14(9-17(30)24-18-26-25-16-5-3-4-8-28(16)18)12(2)29(27-11)15-7-6-13(10-23-15)19(20,21)22/h3-8,10H,9H2,1-2H3,(H,24,26,30). The molecule has 4 aromatic heterocycles. The number of halogens is 3. The zero-order valence-electron chi connectivity index (χ0n) is 16.0. The number of carbonyl (C=O) groups excluding carboxylic acids is 1. The van der Waals surface area contributed by atoms with Gasteiger partial charge in [-0.05, 0) is 38.1 Å². The van der Waals surface area contributed by atoms with Crippen molar-refractivity contribution in [1.82, 2.24) is 29.4 Å². The van der Waals surface area contributed by atoms with E-state index in [0.29, 0.717) is 28.5 Å². The third kappa shape index (κ3) is 3.61.